The van der Waals surface area contributed by atoms with Crippen LogP contribution in [0.4, 0.5) is 0 Å². The number of aromatic hydroxyl groups is 1. The van der Waals surface area contributed by atoms with Crippen molar-refractivity contribution >= 4 is 23.7 Å². The molecule has 0 saturated carbocycles. The molecule has 0 unspecified atom stereocenters. The van der Waals surface area contributed by atoms with Crippen LogP contribution >= 0.6 is 11.6 Å². The maximum Gasteiger partial charge on any atom is 0.240 e. The van der Waals surface area contributed by atoms with Crippen LogP contribution in [0.2, 0.25) is 5.02 Å². The summed E-state index contributed by atoms with van der Waals surface area (Å²) < 4.78 is 0. The van der Waals surface area contributed by atoms with E-state index in [0.717, 1.165) is 24.0 Å². The van der Waals surface area contributed by atoms with E-state index in [1.807, 2.05) is 24.3 Å². The van der Waals surface area contributed by atoms with Crippen LogP contribution in [0.3, 0.4) is 0 Å². The molecule has 0 saturated heterocycles. The predicted octanol–water partition coefficient (Wildman–Crippen LogP) is 3.52. The zero-order valence-corrected chi connectivity index (χ0v) is 12.8. The predicted molar refractivity (Wildman–Crippen MR) is 88.2 cm³/mol. The molecule has 0 bridgehead atoms. The Labute approximate surface area is 134 Å². The standard InChI is InChI=1S/C17H17ClN2O2/c18-15-5-1-4-14(11-15)12-19-20-17(22)6-2-3-13-7-9-16(21)10-8-13/h1,4-5,7-12,21H,2-3,6H2,(H,20,22)/b19-12+. The molecule has 2 aromatic rings. The second-order valence-corrected chi connectivity index (χ2v) is 5.30. The van der Waals surface area contributed by atoms with Gasteiger partial charge in [0, 0.05) is 11.4 Å². The molecule has 0 aliphatic rings. The summed E-state index contributed by atoms with van der Waals surface area (Å²) in [6, 6.07) is 14.2. The molecule has 4 nitrogen and oxygen atoms in total. The van der Waals surface area contributed by atoms with Crippen LogP contribution in [-0.2, 0) is 11.2 Å². The molecule has 0 aromatic heterocycles. The Kier molecular flexibility index (Phi) is 5.98. The molecule has 5 heteroatoms. The van der Waals surface area contributed by atoms with E-state index in [0.29, 0.717) is 11.4 Å². The van der Waals surface area contributed by atoms with Gasteiger partial charge in [0.2, 0.25) is 5.91 Å². The summed E-state index contributed by atoms with van der Waals surface area (Å²) in [5.74, 6) is 0.119. The number of halogens is 1. The van der Waals surface area contributed by atoms with Gasteiger partial charge < -0.3 is 5.11 Å². The normalized spacial score (nSPS) is 10.8. The average molecular weight is 317 g/mol. The topological polar surface area (TPSA) is 61.7 Å². The van der Waals surface area contributed by atoms with Crippen molar-refractivity contribution in [3.63, 3.8) is 0 Å². The van der Waals surface area contributed by atoms with Crippen molar-refractivity contribution in [2.45, 2.75) is 19.3 Å². The summed E-state index contributed by atoms with van der Waals surface area (Å²) in [7, 11) is 0. The monoisotopic (exact) mass is 316 g/mol. The van der Waals surface area contributed by atoms with Crippen molar-refractivity contribution in [2.24, 2.45) is 5.10 Å². The van der Waals surface area contributed by atoms with Crippen LogP contribution in [0.15, 0.2) is 53.6 Å². The van der Waals surface area contributed by atoms with Gasteiger partial charge in [0.05, 0.1) is 6.21 Å². The van der Waals surface area contributed by atoms with E-state index in [9.17, 15) is 9.90 Å². The van der Waals surface area contributed by atoms with E-state index in [4.69, 9.17) is 11.6 Å². The number of nitrogens with one attached hydrogen (secondary N) is 1. The first-order valence-electron chi connectivity index (χ1n) is 6.99. The van der Waals surface area contributed by atoms with Crippen molar-refractivity contribution < 1.29 is 9.90 Å². The Morgan fingerprint density at radius 3 is 2.73 bits per heavy atom. The van der Waals surface area contributed by atoms with Crippen molar-refractivity contribution in [3.8, 4) is 5.75 Å². The SMILES string of the molecule is O=C(CCCc1ccc(O)cc1)N/N=C/c1cccc(Cl)c1. The Morgan fingerprint density at radius 1 is 1.23 bits per heavy atom. The summed E-state index contributed by atoms with van der Waals surface area (Å²) in [5.41, 5.74) is 4.41. The van der Waals surface area contributed by atoms with Crippen molar-refractivity contribution in [1.82, 2.24) is 5.43 Å². The molecular formula is C17H17ClN2O2. The molecule has 2 N–H and O–H groups in total. The highest BCUT2D eigenvalue weighted by Crippen LogP contribution is 2.12. The lowest BCUT2D eigenvalue weighted by atomic mass is 10.1. The van der Waals surface area contributed by atoms with E-state index < -0.39 is 0 Å². The minimum absolute atomic E-state index is 0.128. The fraction of sp³-hybridized carbons (Fsp3) is 0.176. The Morgan fingerprint density at radius 2 is 2.00 bits per heavy atom. The van der Waals surface area contributed by atoms with E-state index >= 15 is 0 Å². The van der Waals surface area contributed by atoms with Crippen LogP contribution in [0.25, 0.3) is 0 Å². The number of aryl methyl sites for hydroxylation is 1. The van der Waals surface area contributed by atoms with Gasteiger partial charge in [-0.1, -0.05) is 35.9 Å². The third kappa shape index (κ3) is 5.58. The Hall–Kier alpha value is -2.33. The molecule has 114 valence electrons. The molecule has 0 heterocycles. The number of amides is 1. The van der Waals surface area contributed by atoms with Crippen LogP contribution < -0.4 is 5.43 Å². The highest BCUT2D eigenvalue weighted by molar-refractivity contribution is 6.30. The molecule has 2 rings (SSSR count). The highest BCUT2D eigenvalue weighted by Gasteiger charge is 2.00. The average Bonchev–Trinajstić information content (AvgIpc) is 2.49. The molecule has 2 aromatic carbocycles. The lowest BCUT2D eigenvalue weighted by molar-refractivity contribution is -0.121. The number of hydrogen-bond acceptors (Lipinski definition) is 3. The summed E-state index contributed by atoms with van der Waals surface area (Å²) in [4.78, 5) is 11.7. The zero-order chi connectivity index (χ0) is 15.8. The highest BCUT2D eigenvalue weighted by atomic mass is 35.5. The number of phenols is 1. The van der Waals surface area contributed by atoms with Crippen molar-refractivity contribution in [2.75, 3.05) is 0 Å². The molecular weight excluding hydrogens is 300 g/mol. The first-order valence-corrected chi connectivity index (χ1v) is 7.36. The molecule has 0 atom stereocenters. The number of carbonyl (C=O) groups is 1. The van der Waals surface area contributed by atoms with Gasteiger partial charge in [-0.05, 0) is 48.2 Å². The first-order chi connectivity index (χ1) is 10.6. The smallest absolute Gasteiger partial charge is 0.240 e. The molecule has 22 heavy (non-hydrogen) atoms. The number of phenolic OH excluding ortho intramolecular Hbond substituents is 1. The summed E-state index contributed by atoms with van der Waals surface area (Å²) in [5, 5.41) is 13.7. The van der Waals surface area contributed by atoms with Gasteiger partial charge in [0.15, 0.2) is 0 Å². The van der Waals surface area contributed by atoms with Gasteiger partial charge in [0.1, 0.15) is 5.75 Å². The van der Waals surface area contributed by atoms with Gasteiger partial charge in [-0.15, -0.1) is 0 Å². The molecule has 0 aliphatic heterocycles. The van der Waals surface area contributed by atoms with Gasteiger partial charge >= 0.3 is 0 Å². The summed E-state index contributed by atoms with van der Waals surface area (Å²) in [6.07, 6.45) is 3.46. The third-order valence-corrected chi connectivity index (χ3v) is 3.29. The largest absolute Gasteiger partial charge is 0.508 e. The number of benzene rings is 2. The minimum atomic E-state index is -0.128. The Bertz CT molecular complexity index is 654. The maximum absolute atomic E-state index is 11.7. The molecule has 0 aliphatic carbocycles. The van der Waals surface area contributed by atoms with Gasteiger partial charge in [-0.3, -0.25) is 4.79 Å². The van der Waals surface area contributed by atoms with E-state index in [-0.39, 0.29) is 11.7 Å². The maximum atomic E-state index is 11.7. The van der Waals surface area contributed by atoms with Gasteiger partial charge in [-0.25, -0.2) is 5.43 Å². The van der Waals surface area contributed by atoms with Crippen LogP contribution in [0, 0.1) is 0 Å². The van der Waals surface area contributed by atoms with E-state index in [1.54, 1.807) is 30.5 Å². The number of nitrogens with zero attached hydrogens (tertiary/aromatic N) is 1. The third-order valence-electron chi connectivity index (χ3n) is 3.06. The quantitative estimate of drug-likeness (QED) is 0.632. The summed E-state index contributed by atoms with van der Waals surface area (Å²) >= 11 is 5.86. The van der Waals surface area contributed by atoms with E-state index in [1.165, 1.54) is 0 Å². The minimum Gasteiger partial charge on any atom is -0.508 e. The second-order valence-electron chi connectivity index (χ2n) is 4.87. The van der Waals surface area contributed by atoms with Gasteiger partial charge in [-0.2, -0.15) is 5.10 Å². The number of hydrogen-bond donors (Lipinski definition) is 2. The fourth-order valence-electron chi connectivity index (χ4n) is 1.94. The molecule has 1 amide bonds. The van der Waals surface area contributed by atoms with E-state index in [2.05, 4.69) is 10.5 Å². The lowest BCUT2D eigenvalue weighted by Gasteiger charge is -2.02. The van der Waals surface area contributed by atoms with Crippen LogP contribution in [0.1, 0.15) is 24.0 Å². The number of carbonyl (C=O) groups excluding carboxylic acids is 1. The molecule has 0 radical (unpaired) electrons. The lowest BCUT2D eigenvalue weighted by Crippen LogP contribution is -2.17. The number of rotatable bonds is 6. The zero-order valence-electron chi connectivity index (χ0n) is 12.0. The number of hydrazone groups is 1. The van der Waals surface area contributed by atoms with Crippen molar-refractivity contribution in [3.05, 3.63) is 64.7 Å². The second kappa shape index (κ2) is 8.20. The molecule has 0 fully saturated rings. The van der Waals surface area contributed by atoms with Gasteiger partial charge in [0.25, 0.3) is 0 Å². The Balaban J connectivity index is 1.70. The summed E-state index contributed by atoms with van der Waals surface area (Å²) in [6.45, 7) is 0. The molecule has 0 spiro atoms. The first kappa shape index (κ1) is 16.0. The van der Waals surface area contributed by atoms with Crippen LogP contribution in [0.5, 0.6) is 5.75 Å². The fourth-order valence-corrected chi connectivity index (χ4v) is 2.14. The van der Waals surface area contributed by atoms with Crippen molar-refractivity contribution in [1.29, 1.82) is 0 Å². The van der Waals surface area contributed by atoms with Crippen LogP contribution in [-0.4, -0.2) is 17.2 Å².